The minimum absolute atomic E-state index is 0.169. The molecule has 0 aromatic rings. The quantitative estimate of drug-likeness (QED) is 0.556. The first kappa shape index (κ1) is 8.30. The van der Waals surface area contributed by atoms with Crippen LogP contribution in [0.15, 0.2) is 4.99 Å². The summed E-state index contributed by atoms with van der Waals surface area (Å²) in [6.07, 6.45) is 0. The molecule has 0 fully saturated rings. The van der Waals surface area contributed by atoms with Gasteiger partial charge in [-0.2, -0.15) is 0 Å². The lowest BCUT2D eigenvalue weighted by molar-refractivity contribution is 0.717. The average molecular weight is 252 g/mol. The topological polar surface area (TPSA) is 24.4 Å². The van der Waals surface area contributed by atoms with Gasteiger partial charge < -0.3 is 5.32 Å². The molecule has 0 spiro atoms. The van der Waals surface area contributed by atoms with Gasteiger partial charge in [0.05, 0.1) is 9.97 Å². The molecule has 1 unspecified atom stereocenters. The van der Waals surface area contributed by atoms with Crippen LogP contribution in [0.25, 0.3) is 0 Å². The van der Waals surface area contributed by atoms with Crippen molar-refractivity contribution in [3.63, 3.8) is 0 Å². The minimum Gasteiger partial charge on any atom is -0.368 e. The van der Waals surface area contributed by atoms with Crippen molar-refractivity contribution in [2.75, 3.05) is 6.54 Å². The third-order valence-corrected chi connectivity index (χ3v) is 1.98. The predicted octanol–water partition coefficient (Wildman–Crippen LogP) is 1.59. The van der Waals surface area contributed by atoms with Crippen LogP contribution >= 0.6 is 22.6 Å². The fraction of sp³-hybridized carbons (Fsp3) is 0.857. The first-order valence-electron chi connectivity index (χ1n) is 3.50. The number of nitrogens with one attached hydrogen (secondary N) is 1. The van der Waals surface area contributed by atoms with Gasteiger partial charge in [-0.15, -0.1) is 0 Å². The number of halogens is 1. The largest absolute Gasteiger partial charge is 0.368 e. The molecule has 0 saturated carbocycles. The van der Waals surface area contributed by atoms with Gasteiger partial charge in [-0.3, -0.25) is 4.99 Å². The number of alkyl halides is 1. The third kappa shape index (κ3) is 1.84. The van der Waals surface area contributed by atoms with Crippen molar-refractivity contribution < 1.29 is 0 Å². The second-order valence-electron chi connectivity index (χ2n) is 3.21. The van der Waals surface area contributed by atoms with Crippen molar-refractivity contribution in [1.29, 1.82) is 0 Å². The summed E-state index contributed by atoms with van der Waals surface area (Å²) in [5.74, 6) is 1.14. The highest BCUT2D eigenvalue weighted by Crippen LogP contribution is 2.19. The molecule has 0 radical (unpaired) electrons. The summed E-state index contributed by atoms with van der Waals surface area (Å²) in [6, 6.07) is 0.532. The van der Waals surface area contributed by atoms with Crippen LogP contribution in [0.4, 0.5) is 0 Å². The first-order valence-corrected chi connectivity index (χ1v) is 4.58. The van der Waals surface area contributed by atoms with Crippen LogP contribution in [0.1, 0.15) is 20.8 Å². The van der Waals surface area contributed by atoms with Gasteiger partial charge in [0.25, 0.3) is 0 Å². The zero-order valence-corrected chi connectivity index (χ0v) is 8.77. The van der Waals surface area contributed by atoms with Crippen LogP contribution in [-0.2, 0) is 0 Å². The Morgan fingerprint density at radius 2 is 2.30 bits per heavy atom. The van der Waals surface area contributed by atoms with Crippen molar-refractivity contribution in [2.45, 2.75) is 30.2 Å². The van der Waals surface area contributed by atoms with Crippen molar-refractivity contribution in [3.8, 4) is 0 Å². The lowest BCUT2D eigenvalue weighted by atomic mass is 10.2. The van der Waals surface area contributed by atoms with E-state index in [0.717, 1.165) is 12.4 Å². The van der Waals surface area contributed by atoms with Gasteiger partial charge in [0.2, 0.25) is 0 Å². The molecule has 1 atom stereocenters. The van der Waals surface area contributed by atoms with E-state index in [0.29, 0.717) is 6.04 Å². The number of aliphatic imine (C=N–C) groups is 1. The Balaban J connectivity index is 2.60. The van der Waals surface area contributed by atoms with Crippen LogP contribution in [0, 0.1) is 0 Å². The van der Waals surface area contributed by atoms with Crippen LogP contribution in [0.2, 0.25) is 0 Å². The molecule has 10 heavy (non-hydrogen) atoms. The molecule has 1 aliphatic heterocycles. The Kier molecular flexibility index (Phi) is 2.22. The highest BCUT2D eigenvalue weighted by molar-refractivity contribution is 14.1. The second kappa shape index (κ2) is 2.68. The first-order chi connectivity index (χ1) is 4.50. The van der Waals surface area contributed by atoms with Gasteiger partial charge in [-0.25, -0.2) is 0 Å². The summed E-state index contributed by atoms with van der Waals surface area (Å²) in [6.45, 7) is 7.41. The highest BCUT2D eigenvalue weighted by atomic mass is 127. The number of rotatable bonds is 1. The summed E-state index contributed by atoms with van der Waals surface area (Å²) in [7, 11) is 0. The van der Waals surface area contributed by atoms with Crippen molar-refractivity contribution in [1.82, 2.24) is 5.32 Å². The van der Waals surface area contributed by atoms with Crippen LogP contribution in [-0.4, -0.2) is 21.8 Å². The van der Waals surface area contributed by atoms with E-state index >= 15 is 0 Å². The summed E-state index contributed by atoms with van der Waals surface area (Å²) in [4.78, 5) is 4.39. The van der Waals surface area contributed by atoms with Gasteiger partial charge in [0.15, 0.2) is 0 Å². The van der Waals surface area contributed by atoms with Gasteiger partial charge in [0, 0.05) is 6.04 Å². The molecule has 1 aliphatic rings. The average Bonchev–Trinajstić information content (AvgIpc) is 2.11. The van der Waals surface area contributed by atoms with E-state index in [1.807, 2.05) is 0 Å². The van der Waals surface area contributed by atoms with Gasteiger partial charge >= 0.3 is 0 Å². The molecule has 58 valence electrons. The summed E-state index contributed by atoms with van der Waals surface area (Å²) in [5.41, 5.74) is 0. The Morgan fingerprint density at radius 1 is 1.70 bits per heavy atom. The number of nitrogens with zero attached hydrogens (tertiary/aromatic N) is 1. The molecule has 1 N–H and O–H groups in total. The van der Waals surface area contributed by atoms with E-state index in [4.69, 9.17) is 0 Å². The zero-order valence-electron chi connectivity index (χ0n) is 6.61. The van der Waals surface area contributed by atoms with E-state index < -0.39 is 0 Å². The van der Waals surface area contributed by atoms with E-state index in [2.05, 4.69) is 53.7 Å². The Labute approximate surface area is 75.6 Å². The van der Waals surface area contributed by atoms with Gasteiger partial charge in [0.1, 0.15) is 5.84 Å². The van der Waals surface area contributed by atoms with Crippen LogP contribution in [0.5, 0.6) is 0 Å². The molecular formula is C7H13IN2. The fourth-order valence-corrected chi connectivity index (χ4v) is 1.24. The minimum atomic E-state index is 0.169. The van der Waals surface area contributed by atoms with Crippen molar-refractivity contribution in [3.05, 3.63) is 0 Å². The molecule has 3 heteroatoms. The molecule has 0 bridgehead atoms. The van der Waals surface area contributed by atoms with E-state index in [1.165, 1.54) is 0 Å². The number of hydrogen-bond donors (Lipinski definition) is 1. The maximum atomic E-state index is 4.39. The Bertz CT molecular complexity index is 157. The molecular weight excluding hydrogens is 239 g/mol. The molecule has 0 aliphatic carbocycles. The predicted molar refractivity (Wildman–Crippen MR) is 53.0 cm³/mol. The van der Waals surface area contributed by atoms with E-state index in [1.54, 1.807) is 0 Å². The smallest absolute Gasteiger partial charge is 0.112 e. The normalized spacial score (nSPS) is 26.0. The fourth-order valence-electron chi connectivity index (χ4n) is 0.913. The highest BCUT2D eigenvalue weighted by Gasteiger charge is 2.25. The molecule has 0 saturated heterocycles. The van der Waals surface area contributed by atoms with Crippen molar-refractivity contribution in [2.24, 2.45) is 4.99 Å². The molecule has 1 rings (SSSR count). The van der Waals surface area contributed by atoms with E-state index in [-0.39, 0.29) is 3.42 Å². The molecule has 2 nitrogen and oxygen atoms in total. The van der Waals surface area contributed by atoms with Gasteiger partial charge in [-0.1, -0.05) is 22.6 Å². The van der Waals surface area contributed by atoms with Crippen LogP contribution < -0.4 is 5.32 Å². The Hall–Kier alpha value is 0.200. The SMILES string of the molecule is CC1CN=C(C(C)(C)I)N1. The zero-order chi connectivity index (χ0) is 7.78. The third-order valence-electron chi connectivity index (χ3n) is 1.47. The number of amidine groups is 1. The lowest BCUT2D eigenvalue weighted by Crippen LogP contribution is -2.37. The molecule has 0 aromatic heterocycles. The standard InChI is InChI=1S/C7H13IN2/c1-5-4-9-6(10-5)7(2,3)8/h5H,4H2,1-3H3,(H,9,10). The lowest BCUT2D eigenvalue weighted by Gasteiger charge is -2.17. The second-order valence-corrected chi connectivity index (χ2v) is 5.90. The van der Waals surface area contributed by atoms with E-state index in [9.17, 15) is 0 Å². The molecule has 0 amide bonds. The van der Waals surface area contributed by atoms with Crippen molar-refractivity contribution >= 4 is 28.4 Å². The van der Waals surface area contributed by atoms with Crippen LogP contribution in [0.3, 0.4) is 0 Å². The summed E-state index contributed by atoms with van der Waals surface area (Å²) >= 11 is 2.40. The maximum absolute atomic E-state index is 4.39. The monoisotopic (exact) mass is 252 g/mol. The summed E-state index contributed by atoms with van der Waals surface area (Å²) in [5, 5.41) is 3.34. The van der Waals surface area contributed by atoms with Gasteiger partial charge in [-0.05, 0) is 20.8 Å². The molecule has 0 aromatic carbocycles. The maximum Gasteiger partial charge on any atom is 0.112 e. The number of hydrogen-bond acceptors (Lipinski definition) is 2. The summed E-state index contributed by atoms with van der Waals surface area (Å²) < 4.78 is 0.169. The molecule has 1 heterocycles. The Morgan fingerprint density at radius 3 is 2.50 bits per heavy atom.